The van der Waals surface area contributed by atoms with E-state index in [1.165, 1.54) is 35.3 Å². The topological polar surface area (TPSA) is 61.9 Å². The summed E-state index contributed by atoms with van der Waals surface area (Å²) in [5.74, 6) is 1.04. The first kappa shape index (κ1) is 23.2. The Morgan fingerprint density at radius 3 is 2.79 bits per heavy atom. The fraction of sp³-hybridized carbons (Fsp3) is 0.652. The van der Waals surface area contributed by atoms with Crippen molar-refractivity contribution in [2.24, 2.45) is 0 Å². The second kappa shape index (κ2) is 12.5. The Hall–Kier alpha value is -2.08. The summed E-state index contributed by atoms with van der Waals surface area (Å²) < 4.78 is 6.00. The quantitative estimate of drug-likeness (QED) is 0.406. The Labute approximate surface area is 175 Å². The predicted octanol–water partition coefficient (Wildman–Crippen LogP) is 2.64. The minimum Gasteiger partial charge on any atom is -0.492 e. The molecule has 29 heavy (non-hydrogen) atoms. The normalized spacial score (nSPS) is 14.0. The van der Waals surface area contributed by atoms with Gasteiger partial charge in [-0.3, -0.25) is 9.59 Å². The molecule has 2 amide bonds. The smallest absolute Gasteiger partial charge is 0.244 e. The fourth-order valence-electron chi connectivity index (χ4n) is 3.85. The zero-order chi connectivity index (χ0) is 21.1. The van der Waals surface area contributed by atoms with Crippen molar-refractivity contribution in [3.63, 3.8) is 0 Å². The predicted molar refractivity (Wildman–Crippen MR) is 116 cm³/mol. The van der Waals surface area contributed by atoms with E-state index in [9.17, 15) is 9.59 Å². The van der Waals surface area contributed by atoms with E-state index in [0.29, 0.717) is 19.7 Å². The van der Waals surface area contributed by atoms with Crippen molar-refractivity contribution in [1.29, 1.82) is 0 Å². The molecule has 0 aliphatic heterocycles. The SMILES string of the molecule is CCN(C=O)C(C)C(=O)N(C)CCCCNCCOc1cccc2c1CCCC2. The van der Waals surface area contributed by atoms with Crippen LogP contribution in [0.25, 0.3) is 0 Å². The minimum atomic E-state index is -0.401. The second-order valence-corrected chi connectivity index (χ2v) is 7.78. The molecule has 0 bridgehead atoms. The van der Waals surface area contributed by atoms with Gasteiger partial charge in [0.25, 0.3) is 0 Å². The summed E-state index contributed by atoms with van der Waals surface area (Å²) in [5, 5.41) is 3.41. The van der Waals surface area contributed by atoms with E-state index in [1.807, 2.05) is 6.92 Å². The number of unbranched alkanes of at least 4 members (excludes halogenated alkanes) is 1. The first-order valence-electron chi connectivity index (χ1n) is 11.0. The Morgan fingerprint density at radius 2 is 2.03 bits per heavy atom. The van der Waals surface area contributed by atoms with Crippen LogP contribution in [-0.4, -0.2) is 68.0 Å². The molecule has 0 heterocycles. The van der Waals surface area contributed by atoms with Gasteiger partial charge in [-0.1, -0.05) is 12.1 Å². The number of hydrogen-bond donors (Lipinski definition) is 1. The van der Waals surface area contributed by atoms with Crippen LogP contribution in [0.3, 0.4) is 0 Å². The first-order chi connectivity index (χ1) is 14.1. The third-order valence-electron chi connectivity index (χ3n) is 5.72. The lowest BCUT2D eigenvalue weighted by Crippen LogP contribution is -2.45. The van der Waals surface area contributed by atoms with Crippen molar-refractivity contribution < 1.29 is 14.3 Å². The van der Waals surface area contributed by atoms with E-state index in [0.717, 1.165) is 44.5 Å². The van der Waals surface area contributed by atoms with Crippen LogP contribution in [0.4, 0.5) is 0 Å². The average Bonchev–Trinajstić information content (AvgIpc) is 2.75. The number of rotatable bonds is 13. The number of carbonyl (C=O) groups is 2. The molecule has 0 radical (unpaired) electrons. The summed E-state index contributed by atoms with van der Waals surface area (Å²) in [6.07, 6.45) is 7.52. The van der Waals surface area contributed by atoms with Gasteiger partial charge in [-0.2, -0.15) is 0 Å². The molecule has 1 unspecified atom stereocenters. The Balaban J connectivity index is 1.56. The number of ether oxygens (including phenoxy) is 1. The van der Waals surface area contributed by atoms with Gasteiger partial charge in [-0.05, 0) is 76.1 Å². The number of nitrogens with one attached hydrogen (secondary N) is 1. The number of hydrogen-bond acceptors (Lipinski definition) is 4. The molecule has 0 saturated heterocycles. The molecule has 6 heteroatoms. The van der Waals surface area contributed by atoms with Crippen molar-refractivity contribution >= 4 is 12.3 Å². The number of likely N-dealkylation sites (N-methyl/N-ethyl adjacent to an activating group) is 2. The van der Waals surface area contributed by atoms with E-state index >= 15 is 0 Å². The molecule has 0 spiro atoms. The second-order valence-electron chi connectivity index (χ2n) is 7.78. The number of aryl methyl sites for hydroxylation is 1. The van der Waals surface area contributed by atoms with Gasteiger partial charge in [0.15, 0.2) is 0 Å². The van der Waals surface area contributed by atoms with Crippen molar-refractivity contribution in [3.8, 4) is 5.75 Å². The first-order valence-corrected chi connectivity index (χ1v) is 11.0. The molecular weight excluding hydrogens is 366 g/mol. The van der Waals surface area contributed by atoms with Gasteiger partial charge in [-0.25, -0.2) is 0 Å². The van der Waals surface area contributed by atoms with Gasteiger partial charge < -0.3 is 19.9 Å². The highest BCUT2D eigenvalue weighted by atomic mass is 16.5. The lowest BCUT2D eigenvalue weighted by Gasteiger charge is -2.27. The van der Waals surface area contributed by atoms with Crippen LogP contribution in [-0.2, 0) is 22.4 Å². The van der Waals surface area contributed by atoms with Crippen molar-refractivity contribution in [1.82, 2.24) is 15.1 Å². The molecule has 1 aliphatic rings. The average molecular weight is 404 g/mol. The van der Waals surface area contributed by atoms with Gasteiger partial charge in [0, 0.05) is 26.7 Å². The molecule has 1 aliphatic carbocycles. The molecule has 0 aromatic heterocycles. The summed E-state index contributed by atoms with van der Waals surface area (Å²) in [4.78, 5) is 26.6. The number of fused-ring (bicyclic) bond motifs is 1. The van der Waals surface area contributed by atoms with Gasteiger partial charge in [0.05, 0.1) is 0 Å². The third-order valence-corrected chi connectivity index (χ3v) is 5.72. The molecule has 1 aromatic carbocycles. The number of benzene rings is 1. The monoisotopic (exact) mass is 403 g/mol. The van der Waals surface area contributed by atoms with E-state index in [4.69, 9.17) is 4.74 Å². The van der Waals surface area contributed by atoms with Crippen LogP contribution < -0.4 is 10.1 Å². The maximum absolute atomic E-state index is 12.3. The van der Waals surface area contributed by atoms with E-state index < -0.39 is 6.04 Å². The highest BCUT2D eigenvalue weighted by Crippen LogP contribution is 2.29. The lowest BCUT2D eigenvalue weighted by atomic mass is 9.91. The van der Waals surface area contributed by atoms with Crippen LogP contribution in [0, 0.1) is 0 Å². The van der Waals surface area contributed by atoms with Gasteiger partial charge in [-0.15, -0.1) is 0 Å². The molecular formula is C23H37N3O3. The highest BCUT2D eigenvalue weighted by molar-refractivity contribution is 5.83. The molecule has 0 saturated carbocycles. The maximum Gasteiger partial charge on any atom is 0.244 e. The Kier molecular flexibility index (Phi) is 9.98. The zero-order valence-electron chi connectivity index (χ0n) is 18.3. The van der Waals surface area contributed by atoms with E-state index in [1.54, 1.807) is 18.9 Å². The van der Waals surface area contributed by atoms with Gasteiger partial charge in [0.2, 0.25) is 12.3 Å². The van der Waals surface area contributed by atoms with Gasteiger partial charge in [0.1, 0.15) is 18.4 Å². The van der Waals surface area contributed by atoms with Crippen LogP contribution in [0.5, 0.6) is 5.75 Å². The zero-order valence-corrected chi connectivity index (χ0v) is 18.3. The van der Waals surface area contributed by atoms with Crippen LogP contribution in [0.1, 0.15) is 50.7 Å². The van der Waals surface area contributed by atoms with Crippen LogP contribution >= 0.6 is 0 Å². The number of carbonyl (C=O) groups excluding carboxylic acids is 2. The summed E-state index contributed by atoms with van der Waals surface area (Å²) in [5.41, 5.74) is 2.85. The largest absolute Gasteiger partial charge is 0.492 e. The number of nitrogens with zero attached hydrogens (tertiary/aromatic N) is 2. The maximum atomic E-state index is 12.3. The van der Waals surface area contributed by atoms with E-state index in [2.05, 4.69) is 23.5 Å². The molecule has 1 atom stereocenters. The summed E-state index contributed by atoms with van der Waals surface area (Å²) >= 11 is 0. The third kappa shape index (κ3) is 7.03. The molecule has 6 nitrogen and oxygen atoms in total. The minimum absolute atomic E-state index is 0.00787. The Morgan fingerprint density at radius 1 is 1.24 bits per heavy atom. The summed E-state index contributed by atoms with van der Waals surface area (Å²) in [7, 11) is 1.80. The standard InChI is InChI=1S/C23H37N3O3/c1-4-26(18-27)19(2)23(28)25(3)16-8-7-14-24-15-17-29-22-13-9-11-20-10-5-6-12-21(20)22/h9,11,13,18-19,24H,4-8,10,12,14-17H2,1-3H3. The van der Waals surface area contributed by atoms with Gasteiger partial charge >= 0.3 is 0 Å². The Bertz CT molecular complexity index is 650. The van der Waals surface area contributed by atoms with Crippen LogP contribution in [0.2, 0.25) is 0 Å². The summed E-state index contributed by atoms with van der Waals surface area (Å²) in [6.45, 7) is 7.30. The van der Waals surface area contributed by atoms with Crippen molar-refractivity contribution in [3.05, 3.63) is 29.3 Å². The molecule has 1 N–H and O–H groups in total. The molecule has 2 rings (SSSR count). The van der Waals surface area contributed by atoms with Crippen LogP contribution in [0.15, 0.2) is 18.2 Å². The summed E-state index contributed by atoms with van der Waals surface area (Å²) in [6, 6.07) is 6.00. The van der Waals surface area contributed by atoms with Crippen molar-refractivity contribution in [2.45, 2.75) is 58.4 Å². The molecule has 162 valence electrons. The molecule has 1 aromatic rings. The van der Waals surface area contributed by atoms with Crippen molar-refractivity contribution in [2.75, 3.05) is 39.8 Å². The number of amides is 2. The lowest BCUT2D eigenvalue weighted by molar-refractivity contribution is -0.139. The van der Waals surface area contributed by atoms with E-state index in [-0.39, 0.29) is 5.91 Å². The highest BCUT2D eigenvalue weighted by Gasteiger charge is 2.21. The molecule has 0 fully saturated rings. The fourth-order valence-corrected chi connectivity index (χ4v) is 3.85.